The maximum absolute atomic E-state index is 13.1. The van der Waals surface area contributed by atoms with E-state index in [1.54, 1.807) is 6.07 Å². The zero-order chi connectivity index (χ0) is 13.9. The van der Waals surface area contributed by atoms with Gasteiger partial charge in [-0.05, 0) is 36.6 Å². The van der Waals surface area contributed by atoms with Crippen molar-refractivity contribution in [3.63, 3.8) is 0 Å². The number of carbonyl (C=O) groups excluding carboxylic acids is 1. The molecule has 0 fully saturated rings. The second-order valence-corrected chi connectivity index (χ2v) is 4.90. The van der Waals surface area contributed by atoms with E-state index >= 15 is 0 Å². The molecule has 20 heavy (non-hydrogen) atoms. The van der Waals surface area contributed by atoms with Crippen LogP contribution in [0.1, 0.15) is 12.0 Å². The second-order valence-electron chi connectivity index (χ2n) is 4.90. The molecule has 0 saturated heterocycles. The SMILES string of the molecule is O=C1Nc2cc(F)ccc2NC1CCc1ccccc1. The van der Waals surface area contributed by atoms with Crippen molar-refractivity contribution in [2.24, 2.45) is 0 Å². The molecular weight excluding hydrogens is 255 g/mol. The normalized spacial score (nSPS) is 17.1. The number of hydrogen-bond donors (Lipinski definition) is 2. The van der Waals surface area contributed by atoms with Gasteiger partial charge in [0.05, 0.1) is 11.4 Å². The van der Waals surface area contributed by atoms with Gasteiger partial charge in [0.15, 0.2) is 0 Å². The predicted octanol–water partition coefficient (Wildman–Crippen LogP) is 3.19. The minimum Gasteiger partial charge on any atom is -0.372 e. The molecule has 2 N–H and O–H groups in total. The molecule has 0 aliphatic carbocycles. The van der Waals surface area contributed by atoms with Crippen LogP contribution in [0.15, 0.2) is 48.5 Å². The third-order valence-corrected chi connectivity index (χ3v) is 3.45. The Hall–Kier alpha value is -2.36. The van der Waals surface area contributed by atoms with Crippen LogP contribution >= 0.6 is 0 Å². The summed E-state index contributed by atoms with van der Waals surface area (Å²) < 4.78 is 13.1. The van der Waals surface area contributed by atoms with Gasteiger partial charge in [-0.3, -0.25) is 4.79 Å². The second kappa shape index (κ2) is 5.33. The zero-order valence-electron chi connectivity index (χ0n) is 10.9. The number of rotatable bonds is 3. The fraction of sp³-hybridized carbons (Fsp3) is 0.188. The van der Waals surface area contributed by atoms with Gasteiger partial charge in [0, 0.05) is 0 Å². The Morgan fingerprint density at radius 1 is 1.05 bits per heavy atom. The standard InChI is InChI=1S/C16H15FN2O/c17-12-7-9-13-15(10-12)19-16(20)14(18-13)8-6-11-4-2-1-3-5-11/h1-5,7,9-10,14,18H,6,8H2,(H,19,20). The summed E-state index contributed by atoms with van der Waals surface area (Å²) in [6.07, 6.45) is 1.52. The van der Waals surface area contributed by atoms with Crippen molar-refractivity contribution < 1.29 is 9.18 Å². The van der Waals surface area contributed by atoms with E-state index in [0.29, 0.717) is 12.1 Å². The van der Waals surface area contributed by atoms with Crippen molar-refractivity contribution in [2.45, 2.75) is 18.9 Å². The molecule has 3 rings (SSSR count). The molecule has 1 heterocycles. The highest BCUT2D eigenvalue weighted by molar-refractivity contribution is 6.02. The number of amides is 1. The van der Waals surface area contributed by atoms with Gasteiger partial charge < -0.3 is 10.6 Å². The van der Waals surface area contributed by atoms with Crippen LogP contribution in [-0.4, -0.2) is 11.9 Å². The van der Waals surface area contributed by atoms with Gasteiger partial charge in [-0.15, -0.1) is 0 Å². The molecule has 3 nitrogen and oxygen atoms in total. The van der Waals surface area contributed by atoms with Gasteiger partial charge in [0.1, 0.15) is 11.9 Å². The van der Waals surface area contributed by atoms with E-state index in [4.69, 9.17) is 0 Å². The Morgan fingerprint density at radius 3 is 2.65 bits per heavy atom. The van der Waals surface area contributed by atoms with E-state index in [1.165, 1.54) is 17.7 Å². The highest BCUT2D eigenvalue weighted by atomic mass is 19.1. The van der Waals surface area contributed by atoms with Crippen molar-refractivity contribution in [1.29, 1.82) is 0 Å². The number of aryl methyl sites for hydroxylation is 1. The smallest absolute Gasteiger partial charge is 0.246 e. The molecule has 1 amide bonds. The summed E-state index contributed by atoms with van der Waals surface area (Å²) in [6.45, 7) is 0. The summed E-state index contributed by atoms with van der Waals surface area (Å²) in [5.41, 5.74) is 2.47. The van der Waals surface area contributed by atoms with E-state index in [2.05, 4.69) is 10.6 Å². The first-order chi connectivity index (χ1) is 9.72. The molecule has 2 aromatic carbocycles. The summed E-state index contributed by atoms with van der Waals surface area (Å²) in [6, 6.07) is 14.1. The maximum Gasteiger partial charge on any atom is 0.246 e. The largest absolute Gasteiger partial charge is 0.372 e. The number of benzene rings is 2. The van der Waals surface area contributed by atoms with Crippen LogP contribution in [0.25, 0.3) is 0 Å². The van der Waals surface area contributed by atoms with Crippen LogP contribution < -0.4 is 10.6 Å². The third-order valence-electron chi connectivity index (χ3n) is 3.45. The van der Waals surface area contributed by atoms with E-state index in [-0.39, 0.29) is 17.8 Å². The summed E-state index contributed by atoms with van der Waals surface area (Å²) in [5.74, 6) is -0.465. The lowest BCUT2D eigenvalue weighted by atomic mass is 10.0. The summed E-state index contributed by atoms with van der Waals surface area (Å²) in [5, 5.41) is 5.91. The van der Waals surface area contributed by atoms with Crippen LogP contribution in [0.2, 0.25) is 0 Å². The van der Waals surface area contributed by atoms with Crippen molar-refractivity contribution >= 4 is 17.3 Å². The first-order valence-corrected chi connectivity index (χ1v) is 6.63. The predicted molar refractivity (Wildman–Crippen MR) is 77.2 cm³/mol. The quantitative estimate of drug-likeness (QED) is 0.899. The molecule has 1 aliphatic rings. The molecule has 0 radical (unpaired) electrons. The molecule has 1 aliphatic heterocycles. The number of fused-ring (bicyclic) bond motifs is 1. The molecule has 2 aromatic rings. The fourth-order valence-electron chi connectivity index (χ4n) is 2.38. The van der Waals surface area contributed by atoms with E-state index in [0.717, 1.165) is 12.1 Å². The van der Waals surface area contributed by atoms with Crippen molar-refractivity contribution in [2.75, 3.05) is 10.6 Å². The molecule has 0 spiro atoms. The van der Waals surface area contributed by atoms with E-state index < -0.39 is 0 Å². The van der Waals surface area contributed by atoms with Gasteiger partial charge in [-0.1, -0.05) is 30.3 Å². The Bertz CT molecular complexity index is 628. The number of carbonyl (C=O) groups is 1. The Kier molecular flexibility index (Phi) is 3.37. The molecular formula is C16H15FN2O. The van der Waals surface area contributed by atoms with Crippen molar-refractivity contribution in [3.05, 3.63) is 59.9 Å². The van der Waals surface area contributed by atoms with Gasteiger partial charge >= 0.3 is 0 Å². The number of halogens is 1. The Balaban J connectivity index is 1.70. The summed E-state index contributed by atoms with van der Waals surface area (Å²) in [4.78, 5) is 12.0. The van der Waals surface area contributed by atoms with Gasteiger partial charge in [-0.2, -0.15) is 0 Å². The Labute approximate surface area is 116 Å². The molecule has 1 atom stereocenters. The van der Waals surface area contributed by atoms with Crippen LogP contribution in [0.5, 0.6) is 0 Å². The highest BCUT2D eigenvalue weighted by Crippen LogP contribution is 2.28. The van der Waals surface area contributed by atoms with E-state index in [1.807, 2.05) is 30.3 Å². The molecule has 0 saturated carbocycles. The number of nitrogens with one attached hydrogen (secondary N) is 2. The molecule has 0 aromatic heterocycles. The molecule has 1 unspecified atom stereocenters. The highest BCUT2D eigenvalue weighted by Gasteiger charge is 2.25. The number of hydrogen-bond acceptors (Lipinski definition) is 2. The van der Waals surface area contributed by atoms with Crippen LogP contribution in [-0.2, 0) is 11.2 Å². The van der Waals surface area contributed by atoms with Crippen LogP contribution in [0.4, 0.5) is 15.8 Å². The minimum atomic E-state index is -0.353. The average molecular weight is 270 g/mol. The summed E-state index contributed by atoms with van der Waals surface area (Å²) in [7, 11) is 0. The average Bonchev–Trinajstić information content (AvgIpc) is 2.46. The summed E-state index contributed by atoms with van der Waals surface area (Å²) >= 11 is 0. The minimum absolute atomic E-state index is 0.112. The third kappa shape index (κ3) is 2.64. The number of anilines is 2. The van der Waals surface area contributed by atoms with Crippen molar-refractivity contribution in [3.8, 4) is 0 Å². The van der Waals surface area contributed by atoms with Crippen LogP contribution in [0, 0.1) is 5.82 Å². The Morgan fingerprint density at radius 2 is 1.85 bits per heavy atom. The first kappa shape index (κ1) is 12.7. The lowest BCUT2D eigenvalue weighted by Gasteiger charge is -2.26. The molecule has 102 valence electrons. The lowest BCUT2D eigenvalue weighted by molar-refractivity contribution is -0.117. The zero-order valence-corrected chi connectivity index (χ0v) is 10.9. The molecule has 0 bridgehead atoms. The van der Waals surface area contributed by atoms with Gasteiger partial charge in [-0.25, -0.2) is 4.39 Å². The lowest BCUT2D eigenvalue weighted by Crippen LogP contribution is -2.39. The maximum atomic E-state index is 13.1. The van der Waals surface area contributed by atoms with E-state index in [9.17, 15) is 9.18 Å². The van der Waals surface area contributed by atoms with Gasteiger partial charge in [0.25, 0.3) is 0 Å². The van der Waals surface area contributed by atoms with Gasteiger partial charge in [0.2, 0.25) is 5.91 Å². The molecule has 4 heteroatoms. The monoisotopic (exact) mass is 270 g/mol. The van der Waals surface area contributed by atoms with Crippen LogP contribution in [0.3, 0.4) is 0 Å². The van der Waals surface area contributed by atoms with Crippen molar-refractivity contribution in [1.82, 2.24) is 0 Å². The fourth-order valence-corrected chi connectivity index (χ4v) is 2.38. The first-order valence-electron chi connectivity index (χ1n) is 6.63. The topological polar surface area (TPSA) is 41.1 Å².